The van der Waals surface area contributed by atoms with Crippen LogP contribution in [0.2, 0.25) is 0 Å². The van der Waals surface area contributed by atoms with Crippen molar-refractivity contribution in [1.82, 2.24) is 4.90 Å². The summed E-state index contributed by atoms with van der Waals surface area (Å²) in [4.78, 5) is 13.2. The lowest BCUT2D eigenvalue weighted by Crippen LogP contribution is -2.47. The lowest BCUT2D eigenvalue weighted by atomic mass is 9.93. The highest BCUT2D eigenvalue weighted by molar-refractivity contribution is 5.66. The molecule has 0 bridgehead atoms. The van der Waals surface area contributed by atoms with Crippen molar-refractivity contribution in [3.05, 3.63) is 83.4 Å². The van der Waals surface area contributed by atoms with E-state index in [0.717, 1.165) is 37.9 Å². The second-order valence-electron chi connectivity index (χ2n) is 10.4. The number of carboxylic acid groups (broad SMARTS) is 1. The van der Waals surface area contributed by atoms with E-state index in [-0.39, 0.29) is 30.6 Å². The van der Waals surface area contributed by atoms with Crippen LogP contribution >= 0.6 is 0 Å². The van der Waals surface area contributed by atoms with E-state index in [1.54, 1.807) is 0 Å². The van der Waals surface area contributed by atoms with E-state index in [9.17, 15) is 9.90 Å². The number of benzene rings is 2. The van der Waals surface area contributed by atoms with Crippen LogP contribution in [0.25, 0.3) is 0 Å². The van der Waals surface area contributed by atoms with Crippen molar-refractivity contribution in [2.24, 2.45) is 5.92 Å². The van der Waals surface area contributed by atoms with Gasteiger partial charge in [0.25, 0.3) is 0 Å². The van der Waals surface area contributed by atoms with Crippen LogP contribution in [0.1, 0.15) is 68.1 Å². The van der Waals surface area contributed by atoms with Crippen molar-refractivity contribution in [3.8, 4) is 0 Å². The Balaban J connectivity index is 1.35. The molecular weight excluding hydrogens is 450 g/mol. The molecule has 1 heterocycles. The first kappa shape index (κ1) is 26.6. The van der Waals surface area contributed by atoms with Gasteiger partial charge >= 0.3 is 5.97 Å². The van der Waals surface area contributed by atoms with Crippen molar-refractivity contribution in [2.75, 3.05) is 13.1 Å². The molecule has 1 aliphatic heterocycles. The van der Waals surface area contributed by atoms with Crippen LogP contribution in [0.4, 0.5) is 0 Å². The van der Waals surface area contributed by atoms with Crippen LogP contribution in [0, 0.1) is 5.92 Å². The molecule has 2 fully saturated rings. The minimum absolute atomic E-state index is 0.0135. The number of allylic oxidation sites excluding steroid dienone is 2. The summed E-state index contributed by atoms with van der Waals surface area (Å²) in [6.07, 6.45) is 11.7. The van der Waals surface area contributed by atoms with E-state index in [0.29, 0.717) is 19.4 Å². The summed E-state index contributed by atoms with van der Waals surface area (Å²) in [5, 5.41) is 19.9. The first-order valence-electron chi connectivity index (χ1n) is 13.6. The van der Waals surface area contributed by atoms with Gasteiger partial charge in [-0.05, 0) is 68.3 Å². The molecule has 36 heavy (non-hydrogen) atoms. The van der Waals surface area contributed by atoms with Gasteiger partial charge in [-0.2, -0.15) is 0 Å². The maximum atomic E-state index is 11.0. The number of piperidine rings is 1. The summed E-state index contributed by atoms with van der Waals surface area (Å²) < 4.78 is 6.46. The zero-order valence-electron chi connectivity index (χ0n) is 21.3. The monoisotopic (exact) mass is 491 g/mol. The highest BCUT2D eigenvalue weighted by atomic mass is 16.5. The minimum atomic E-state index is -0.742. The molecule has 0 radical (unpaired) electrons. The fraction of sp³-hybridized carbons (Fsp3) is 0.516. The highest BCUT2D eigenvalue weighted by Gasteiger charge is 2.45. The Kier molecular flexibility index (Phi) is 10.1. The minimum Gasteiger partial charge on any atom is -0.481 e. The Morgan fingerprint density at radius 1 is 0.944 bits per heavy atom. The average molecular weight is 492 g/mol. The number of unbranched alkanes of at least 4 members (excludes halogenated alkanes) is 1. The second kappa shape index (κ2) is 13.7. The van der Waals surface area contributed by atoms with Crippen LogP contribution in [0.15, 0.2) is 66.7 Å². The number of ether oxygens (including phenoxy) is 1. The van der Waals surface area contributed by atoms with Crippen LogP contribution < -0.4 is 0 Å². The maximum absolute atomic E-state index is 11.0. The largest absolute Gasteiger partial charge is 0.481 e. The molecule has 5 nitrogen and oxygen atoms in total. The number of likely N-dealkylation sites (tertiary alicyclic amines) is 1. The molecule has 1 saturated carbocycles. The summed E-state index contributed by atoms with van der Waals surface area (Å²) in [5.41, 5.74) is 3.76. The zero-order valence-corrected chi connectivity index (χ0v) is 21.3. The van der Waals surface area contributed by atoms with Gasteiger partial charge in [0.1, 0.15) is 0 Å². The SMILES string of the molecule is O=C(O)CCCC=CC[C@@H]1[C@@H](N2CCCCC2)[C@H](O)C[C@@H]1OCc1ccc(Cc2ccccc2)cc1. The van der Waals surface area contributed by atoms with Gasteiger partial charge in [0, 0.05) is 24.8 Å². The van der Waals surface area contributed by atoms with Crippen molar-refractivity contribution < 1.29 is 19.7 Å². The fourth-order valence-corrected chi connectivity index (χ4v) is 5.80. The van der Waals surface area contributed by atoms with Crippen LogP contribution in [-0.2, 0) is 22.6 Å². The van der Waals surface area contributed by atoms with Crippen molar-refractivity contribution in [2.45, 2.75) is 82.6 Å². The molecule has 5 heteroatoms. The second-order valence-corrected chi connectivity index (χ2v) is 10.4. The summed E-state index contributed by atoms with van der Waals surface area (Å²) in [7, 11) is 0. The Hall–Kier alpha value is -2.47. The Morgan fingerprint density at radius 3 is 2.36 bits per heavy atom. The molecule has 2 aromatic rings. The molecule has 4 atom stereocenters. The number of aliphatic carboxylic acids is 1. The molecular formula is C31H41NO4. The smallest absolute Gasteiger partial charge is 0.303 e. The number of aliphatic hydroxyl groups excluding tert-OH is 1. The standard InChI is InChI=1S/C31H41NO4/c33-28-22-29(36-23-26-17-15-25(16-18-26)21-24-11-5-3-6-12-24)27(13-7-1-2-8-14-30(34)35)31(28)32-19-9-4-10-20-32/h1,3,5-7,11-12,15-18,27-29,31,33H,2,4,8-10,13-14,19-23H2,(H,34,35)/t27-,28+,29-,31+/m0/s1. The van der Waals surface area contributed by atoms with Crippen LogP contribution in [-0.4, -0.2) is 52.4 Å². The number of rotatable bonds is 12. The molecule has 194 valence electrons. The van der Waals surface area contributed by atoms with Gasteiger partial charge in [-0.25, -0.2) is 0 Å². The predicted octanol–water partition coefficient (Wildman–Crippen LogP) is 5.60. The van der Waals surface area contributed by atoms with Gasteiger partial charge in [0.05, 0.1) is 18.8 Å². The topological polar surface area (TPSA) is 70.0 Å². The average Bonchev–Trinajstić information content (AvgIpc) is 3.21. The zero-order chi connectivity index (χ0) is 25.2. The Bertz CT molecular complexity index is 952. The summed E-state index contributed by atoms with van der Waals surface area (Å²) in [5.74, 6) is -0.500. The summed E-state index contributed by atoms with van der Waals surface area (Å²) in [6.45, 7) is 2.65. The number of hydrogen-bond donors (Lipinski definition) is 2. The quantitative estimate of drug-likeness (QED) is 0.299. The Morgan fingerprint density at radius 2 is 1.64 bits per heavy atom. The molecule has 0 aromatic heterocycles. The molecule has 0 unspecified atom stereocenters. The summed E-state index contributed by atoms with van der Waals surface area (Å²) >= 11 is 0. The molecule has 1 saturated heterocycles. The molecule has 2 N–H and O–H groups in total. The molecule has 2 aromatic carbocycles. The molecule has 4 rings (SSSR count). The molecule has 1 aliphatic carbocycles. The number of nitrogens with zero attached hydrogens (tertiary/aromatic N) is 1. The first-order chi connectivity index (χ1) is 17.6. The van der Waals surface area contributed by atoms with Gasteiger partial charge < -0.3 is 14.9 Å². The fourth-order valence-electron chi connectivity index (χ4n) is 5.80. The third kappa shape index (κ3) is 7.76. The molecule has 0 spiro atoms. The van der Waals surface area contributed by atoms with E-state index in [1.165, 1.54) is 30.4 Å². The number of carbonyl (C=O) groups is 1. The predicted molar refractivity (Wildman–Crippen MR) is 143 cm³/mol. The van der Waals surface area contributed by atoms with E-state index in [1.807, 2.05) is 6.07 Å². The van der Waals surface area contributed by atoms with Gasteiger partial charge in [0.15, 0.2) is 0 Å². The Labute approximate surface area is 215 Å². The third-order valence-corrected chi connectivity index (χ3v) is 7.67. The van der Waals surface area contributed by atoms with E-state index >= 15 is 0 Å². The molecule has 2 aliphatic rings. The van der Waals surface area contributed by atoms with Gasteiger partial charge in [-0.15, -0.1) is 0 Å². The van der Waals surface area contributed by atoms with E-state index < -0.39 is 5.97 Å². The lowest BCUT2D eigenvalue weighted by molar-refractivity contribution is -0.137. The van der Waals surface area contributed by atoms with Crippen molar-refractivity contribution in [3.63, 3.8) is 0 Å². The number of hydrogen-bond acceptors (Lipinski definition) is 4. The van der Waals surface area contributed by atoms with E-state index in [2.05, 4.69) is 65.6 Å². The van der Waals surface area contributed by atoms with Gasteiger partial charge in [-0.1, -0.05) is 73.2 Å². The number of aliphatic hydroxyl groups is 1. The first-order valence-corrected chi connectivity index (χ1v) is 13.6. The third-order valence-electron chi connectivity index (χ3n) is 7.67. The summed E-state index contributed by atoms with van der Waals surface area (Å²) in [6, 6.07) is 19.3. The number of carboxylic acids is 1. The van der Waals surface area contributed by atoms with Crippen molar-refractivity contribution in [1.29, 1.82) is 0 Å². The van der Waals surface area contributed by atoms with Crippen LogP contribution in [0.5, 0.6) is 0 Å². The maximum Gasteiger partial charge on any atom is 0.303 e. The van der Waals surface area contributed by atoms with Crippen LogP contribution in [0.3, 0.4) is 0 Å². The normalized spacial score (nSPS) is 24.9. The van der Waals surface area contributed by atoms with Crippen molar-refractivity contribution >= 4 is 5.97 Å². The van der Waals surface area contributed by atoms with Gasteiger partial charge in [0.2, 0.25) is 0 Å². The molecule has 0 amide bonds. The highest BCUT2D eigenvalue weighted by Crippen LogP contribution is 2.37. The van der Waals surface area contributed by atoms with Gasteiger partial charge in [-0.3, -0.25) is 9.69 Å². The van der Waals surface area contributed by atoms with E-state index in [4.69, 9.17) is 9.84 Å². The lowest BCUT2D eigenvalue weighted by Gasteiger charge is -2.37.